The van der Waals surface area contributed by atoms with Gasteiger partial charge in [0.1, 0.15) is 22.9 Å². The van der Waals surface area contributed by atoms with Crippen molar-refractivity contribution in [2.45, 2.75) is 6.61 Å². The Bertz CT molecular complexity index is 743. The molecule has 0 aliphatic rings. The van der Waals surface area contributed by atoms with Crippen LogP contribution in [0.1, 0.15) is 5.69 Å². The fourth-order valence-electron chi connectivity index (χ4n) is 1.99. The molecule has 3 rings (SSSR count). The highest BCUT2D eigenvalue weighted by atomic mass is 32.1. The van der Waals surface area contributed by atoms with Gasteiger partial charge in [0.2, 0.25) is 5.88 Å². The van der Waals surface area contributed by atoms with Crippen LogP contribution in [0.5, 0.6) is 23.1 Å². The molecule has 1 N–H and O–H groups in total. The van der Waals surface area contributed by atoms with Gasteiger partial charge in [-0.1, -0.05) is 0 Å². The van der Waals surface area contributed by atoms with E-state index in [1.165, 1.54) is 11.3 Å². The van der Waals surface area contributed by atoms with Crippen LogP contribution in [-0.2, 0) is 6.61 Å². The number of aliphatic hydroxyl groups excluding tert-OH is 1. The summed E-state index contributed by atoms with van der Waals surface area (Å²) in [6.45, 7) is -0.158. The van der Waals surface area contributed by atoms with Crippen LogP contribution in [0.3, 0.4) is 0 Å². The number of aromatic nitrogens is 2. The lowest BCUT2D eigenvalue weighted by molar-refractivity contribution is 0.269. The molecule has 0 atom stereocenters. The lowest BCUT2D eigenvalue weighted by atomic mass is 10.3. The topological polar surface area (TPSA) is 65.2 Å². The maximum Gasteiger partial charge on any atom is 0.244 e. The van der Waals surface area contributed by atoms with Crippen molar-refractivity contribution in [3.05, 3.63) is 35.5 Å². The van der Waals surface area contributed by atoms with Crippen molar-refractivity contribution in [2.24, 2.45) is 0 Å². The van der Waals surface area contributed by atoms with Crippen LogP contribution in [0.25, 0.3) is 4.96 Å². The molecule has 0 unspecified atom stereocenters. The van der Waals surface area contributed by atoms with E-state index in [-0.39, 0.29) is 6.61 Å². The quantitative estimate of drug-likeness (QED) is 0.785. The molecule has 110 valence electrons. The zero-order chi connectivity index (χ0) is 14.8. The van der Waals surface area contributed by atoms with E-state index in [9.17, 15) is 5.11 Å². The Morgan fingerprint density at radius 3 is 2.43 bits per heavy atom. The molecule has 0 saturated heterocycles. The molecule has 2 heterocycles. The van der Waals surface area contributed by atoms with Gasteiger partial charge in [0.25, 0.3) is 0 Å². The highest BCUT2D eigenvalue weighted by Crippen LogP contribution is 2.33. The molecule has 0 saturated carbocycles. The van der Waals surface area contributed by atoms with Crippen molar-refractivity contribution in [1.82, 2.24) is 9.38 Å². The fourth-order valence-corrected chi connectivity index (χ4v) is 2.71. The van der Waals surface area contributed by atoms with Crippen LogP contribution in [0.15, 0.2) is 29.8 Å². The number of fused-ring (bicyclic) bond motifs is 1. The van der Waals surface area contributed by atoms with Gasteiger partial charge in [0.05, 0.1) is 20.8 Å². The minimum atomic E-state index is -0.158. The number of hydrogen-bond donors (Lipinski definition) is 1. The SMILES string of the molecule is COc1cc(OC)cc(Oc2nc3sccn3c2CO)c1. The minimum Gasteiger partial charge on any atom is -0.496 e. The fraction of sp³-hybridized carbons (Fsp3) is 0.214. The van der Waals surface area contributed by atoms with Gasteiger partial charge in [-0.3, -0.25) is 4.40 Å². The van der Waals surface area contributed by atoms with Crippen molar-refractivity contribution in [2.75, 3.05) is 14.2 Å². The van der Waals surface area contributed by atoms with E-state index in [1.54, 1.807) is 36.8 Å². The molecule has 7 heteroatoms. The van der Waals surface area contributed by atoms with Gasteiger partial charge in [-0.2, -0.15) is 4.98 Å². The van der Waals surface area contributed by atoms with Crippen LogP contribution < -0.4 is 14.2 Å². The molecule has 21 heavy (non-hydrogen) atoms. The number of thiazole rings is 1. The van der Waals surface area contributed by atoms with Gasteiger partial charge in [-0.15, -0.1) is 11.3 Å². The molecule has 6 nitrogen and oxygen atoms in total. The summed E-state index contributed by atoms with van der Waals surface area (Å²) >= 11 is 1.47. The Hall–Kier alpha value is -2.25. The second kappa shape index (κ2) is 5.63. The monoisotopic (exact) mass is 306 g/mol. The van der Waals surface area contributed by atoms with Gasteiger partial charge in [0, 0.05) is 29.8 Å². The van der Waals surface area contributed by atoms with E-state index in [4.69, 9.17) is 14.2 Å². The zero-order valence-corrected chi connectivity index (χ0v) is 12.4. The van der Waals surface area contributed by atoms with Crippen molar-refractivity contribution in [3.63, 3.8) is 0 Å². The number of aliphatic hydroxyl groups is 1. The van der Waals surface area contributed by atoms with Crippen molar-refractivity contribution in [3.8, 4) is 23.1 Å². The van der Waals surface area contributed by atoms with Crippen LogP contribution in [-0.4, -0.2) is 28.7 Å². The molecular weight excluding hydrogens is 292 g/mol. The lowest BCUT2D eigenvalue weighted by Gasteiger charge is -2.09. The molecule has 2 aromatic heterocycles. The zero-order valence-electron chi connectivity index (χ0n) is 11.6. The molecule has 0 bridgehead atoms. The minimum absolute atomic E-state index is 0.158. The number of nitrogens with zero attached hydrogens (tertiary/aromatic N) is 2. The summed E-state index contributed by atoms with van der Waals surface area (Å²) in [6, 6.07) is 5.22. The third-order valence-electron chi connectivity index (χ3n) is 3.01. The molecule has 0 fully saturated rings. The standard InChI is InChI=1S/C14H14N2O4S/c1-18-9-5-10(19-2)7-11(6-9)20-13-12(8-17)16-3-4-21-14(16)15-13/h3-7,17H,8H2,1-2H3. The number of imidazole rings is 1. The first-order chi connectivity index (χ1) is 10.2. The van der Waals surface area contributed by atoms with Crippen molar-refractivity contribution in [1.29, 1.82) is 0 Å². The van der Waals surface area contributed by atoms with E-state index >= 15 is 0 Å². The summed E-state index contributed by atoms with van der Waals surface area (Å²) < 4.78 is 18.0. The molecule has 1 aromatic carbocycles. The normalized spacial score (nSPS) is 10.8. The molecular formula is C14H14N2O4S. The van der Waals surface area contributed by atoms with Crippen LogP contribution >= 0.6 is 11.3 Å². The van der Waals surface area contributed by atoms with Gasteiger partial charge in [0.15, 0.2) is 4.96 Å². The number of ether oxygens (including phenoxy) is 3. The number of hydrogen-bond acceptors (Lipinski definition) is 6. The number of rotatable bonds is 5. The second-order valence-corrected chi connectivity index (χ2v) is 5.10. The summed E-state index contributed by atoms with van der Waals surface area (Å²) in [4.78, 5) is 5.13. The molecule has 0 aliphatic heterocycles. The summed E-state index contributed by atoms with van der Waals surface area (Å²) in [5.74, 6) is 2.15. The van der Waals surface area contributed by atoms with E-state index in [1.807, 2.05) is 11.6 Å². The third kappa shape index (κ3) is 2.53. The Morgan fingerprint density at radius 1 is 1.14 bits per heavy atom. The first-order valence-corrected chi connectivity index (χ1v) is 7.09. The Kier molecular flexibility index (Phi) is 3.68. The summed E-state index contributed by atoms with van der Waals surface area (Å²) in [7, 11) is 3.15. The van der Waals surface area contributed by atoms with E-state index in [0.717, 1.165) is 4.96 Å². The van der Waals surface area contributed by atoms with E-state index < -0.39 is 0 Å². The second-order valence-electron chi connectivity index (χ2n) is 4.23. The van der Waals surface area contributed by atoms with Gasteiger partial charge >= 0.3 is 0 Å². The van der Waals surface area contributed by atoms with Crippen LogP contribution in [0.2, 0.25) is 0 Å². The number of benzene rings is 1. The Balaban J connectivity index is 1.99. The van der Waals surface area contributed by atoms with Crippen molar-refractivity contribution >= 4 is 16.3 Å². The lowest BCUT2D eigenvalue weighted by Crippen LogP contribution is -1.95. The third-order valence-corrected chi connectivity index (χ3v) is 3.77. The highest BCUT2D eigenvalue weighted by Gasteiger charge is 2.15. The average Bonchev–Trinajstić information content (AvgIpc) is 3.07. The van der Waals surface area contributed by atoms with Crippen LogP contribution in [0.4, 0.5) is 0 Å². The van der Waals surface area contributed by atoms with E-state index in [2.05, 4.69) is 4.98 Å². The maximum atomic E-state index is 9.52. The molecule has 0 radical (unpaired) electrons. The Labute approximate surface area is 125 Å². The number of methoxy groups -OCH3 is 2. The van der Waals surface area contributed by atoms with Gasteiger partial charge in [-0.25, -0.2) is 0 Å². The predicted octanol–water partition coefficient (Wildman–Crippen LogP) is 2.70. The Morgan fingerprint density at radius 2 is 1.81 bits per heavy atom. The predicted molar refractivity (Wildman–Crippen MR) is 78.6 cm³/mol. The summed E-state index contributed by atoms with van der Waals surface area (Å²) in [5.41, 5.74) is 0.605. The highest BCUT2D eigenvalue weighted by molar-refractivity contribution is 7.15. The summed E-state index contributed by atoms with van der Waals surface area (Å²) in [6.07, 6.45) is 1.84. The maximum absolute atomic E-state index is 9.52. The first kappa shape index (κ1) is 13.7. The van der Waals surface area contributed by atoms with E-state index in [0.29, 0.717) is 28.8 Å². The van der Waals surface area contributed by atoms with Gasteiger partial charge in [-0.05, 0) is 0 Å². The first-order valence-electron chi connectivity index (χ1n) is 6.21. The molecule has 3 aromatic rings. The summed E-state index contributed by atoms with van der Waals surface area (Å²) in [5, 5.41) is 11.4. The smallest absolute Gasteiger partial charge is 0.244 e. The largest absolute Gasteiger partial charge is 0.496 e. The average molecular weight is 306 g/mol. The molecule has 0 amide bonds. The molecule has 0 spiro atoms. The van der Waals surface area contributed by atoms with Crippen LogP contribution in [0, 0.1) is 0 Å². The molecule has 0 aliphatic carbocycles. The van der Waals surface area contributed by atoms with Gasteiger partial charge < -0.3 is 19.3 Å². The van der Waals surface area contributed by atoms with Crippen molar-refractivity contribution < 1.29 is 19.3 Å².